The van der Waals surface area contributed by atoms with Crippen LogP contribution < -0.4 is 9.64 Å². The third-order valence-corrected chi connectivity index (χ3v) is 5.67. The molecule has 138 valence electrons. The molecule has 4 nitrogen and oxygen atoms in total. The van der Waals surface area contributed by atoms with E-state index in [-0.39, 0.29) is 5.91 Å². The van der Waals surface area contributed by atoms with Gasteiger partial charge in [-0.15, -0.1) is 0 Å². The third-order valence-electron chi connectivity index (χ3n) is 4.64. The molecule has 2 aromatic carbocycles. The second-order valence-electron chi connectivity index (χ2n) is 6.35. The smallest absolute Gasteiger partial charge is 0.223 e. The standard InChI is InChI=1S/C21H26N2O2S/c1-25-20-9-7-19(8-10-20)22-12-14-23(15-13-22)21(24)11-16-26-17-18-5-3-2-4-6-18/h2-10H,11-17H2,1H3. The van der Waals surface area contributed by atoms with E-state index in [4.69, 9.17) is 4.74 Å². The molecule has 3 rings (SSSR count). The number of carbonyl (C=O) groups is 1. The number of hydrogen-bond donors (Lipinski definition) is 0. The SMILES string of the molecule is COc1ccc(N2CCN(C(=O)CCSCc3ccccc3)CC2)cc1. The molecule has 1 aliphatic heterocycles. The molecule has 0 saturated carbocycles. The summed E-state index contributed by atoms with van der Waals surface area (Å²) < 4.78 is 5.21. The lowest BCUT2D eigenvalue weighted by molar-refractivity contribution is -0.131. The second-order valence-corrected chi connectivity index (χ2v) is 7.46. The third kappa shape index (κ3) is 5.18. The molecule has 2 aromatic rings. The Morgan fingerprint density at radius 1 is 1.00 bits per heavy atom. The molecule has 0 N–H and O–H groups in total. The molecule has 0 atom stereocenters. The van der Waals surface area contributed by atoms with Gasteiger partial charge in [-0.05, 0) is 29.8 Å². The topological polar surface area (TPSA) is 32.8 Å². The summed E-state index contributed by atoms with van der Waals surface area (Å²) in [5.41, 5.74) is 2.51. The van der Waals surface area contributed by atoms with Crippen molar-refractivity contribution in [2.24, 2.45) is 0 Å². The van der Waals surface area contributed by atoms with E-state index < -0.39 is 0 Å². The Balaban J connectivity index is 1.37. The Hall–Kier alpha value is -2.14. The monoisotopic (exact) mass is 370 g/mol. The van der Waals surface area contributed by atoms with Gasteiger partial charge in [0.15, 0.2) is 0 Å². The number of amides is 1. The number of thioether (sulfide) groups is 1. The van der Waals surface area contributed by atoms with Gasteiger partial charge in [-0.2, -0.15) is 11.8 Å². The van der Waals surface area contributed by atoms with Gasteiger partial charge >= 0.3 is 0 Å². The Bertz CT molecular complexity index is 683. The first-order valence-electron chi connectivity index (χ1n) is 9.05. The molecule has 26 heavy (non-hydrogen) atoms. The van der Waals surface area contributed by atoms with Gasteiger partial charge < -0.3 is 14.5 Å². The Morgan fingerprint density at radius 3 is 2.35 bits per heavy atom. The molecule has 0 bridgehead atoms. The molecule has 0 aromatic heterocycles. The van der Waals surface area contributed by atoms with Crippen molar-refractivity contribution in [3.63, 3.8) is 0 Å². The highest BCUT2D eigenvalue weighted by molar-refractivity contribution is 7.98. The predicted octanol–water partition coefficient (Wildman–Crippen LogP) is 3.67. The van der Waals surface area contributed by atoms with Crippen LogP contribution in [-0.4, -0.2) is 49.8 Å². The van der Waals surface area contributed by atoms with Gasteiger partial charge in [-0.1, -0.05) is 30.3 Å². The highest BCUT2D eigenvalue weighted by Crippen LogP contribution is 2.21. The van der Waals surface area contributed by atoms with Gasteiger partial charge in [0.25, 0.3) is 0 Å². The maximum Gasteiger partial charge on any atom is 0.223 e. The van der Waals surface area contributed by atoms with Gasteiger partial charge in [0.2, 0.25) is 5.91 Å². The first-order chi connectivity index (χ1) is 12.8. The van der Waals surface area contributed by atoms with Crippen molar-refractivity contribution >= 4 is 23.4 Å². The number of hydrogen-bond acceptors (Lipinski definition) is 4. The molecule has 0 aliphatic carbocycles. The zero-order chi connectivity index (χ0) is 18.2. The average Bonchev–Trinajstić information content (AvgIpc) is 2.72. The highest BCUT2D eigenvalue weighted by Gasteiger charge is 2.20. The van der Waals surface area contributed by atoms with Gasteiger partial charge in [0.1, 0.15) is 5.75 Å². The summed E-state index contributed by atoms with van der Waals surface area (Å²) in [4.78, 5) is 16.7. The number of carbonyl (C=O) groups excluding carboxylic acids is 1. The van der Waals surface area contributed by atoms with Crippen LogP contribution in [0, 0.1) is 0 Å². The molecule has 1 amide bonds. The largest absolute Gasteiger partial charge is 0.497 e. The minimum atomic E-state index is 0.278. The number of rotatable bonds is 7. The van der Waals surface area contributed by atoms with E-state index in [2.05, 4.69) is 41.3 Å². The molecular weight excluding hydrogens is 344 g/mol. The molecule has 1 aliphatic rings. The van der Waals surface area contributed by atoms with E-state index in [1.54, 1.807) is 7.11 Å². The number of ether oxygens (including phenoxy) is 1. The number of anilines is 1. The number of methoxy groups -OCH3 is 1. The fraction of sp³-hybridized carbons (Fsp3) is 0.381. The molecule has 0 unspecified atom stereocenters. The zero-order valence-corrected chi connectivity index (χ0v) is 16.1. The molecule has 1 heterocycles. The van der Waals surface area contributed by atoms with Gasteiger partial charge in [0, 0.05) is 49.8 Å². The van der Waals surface area contributed by atoms with Crippen LogP contribution in [0.1, 0.15) is 12.0 Å². The first-order valence-corrected chi connectivity index (χ1v) is 10.2. The Labute approximate surface area is 160 Å². The van der Waals surface area contributed by atoms with Crippen molar-refractivity contribution in [2.45, 2.75) is 12.2 Å². The van der Waals surface area contributed by atoms with Gasteiger partial charge in [-0.3, -0.25) is 4.79 Å². The minimum Gasteiger partial charge on any atom is -0.497 e. The van der Waals surface area contributed by atoms with Crippen LogP contribution in [-0.2, 0) is 10.5 Å². The van der Waals surface area contributed by atoms with Crippen LogP contribution in [0.15, 0.2) is 54.6 Å². The van der Waals surface area contributed by atoms with E-state index in [0.29, 0.717) is 6.42 Å². The molecule has 1 saturated heterocycles. The van der Waals surface area contributed by atoms with E-state index >= 15 is 0 Å². The van der Waals surface area contributed by atoms with Crippen LogP contribution in [0.25, 0.3) is 0 Å². The summed E-state index contributed by atoms with van der Waals surface area (Å²) >= 11 is 1.83. The van der Waals surface area contributed by atoms with Gasteiger partial charge in [0.05, 0.1) is 7.11 Å². The highest BCUT2D eigenvalue weighted by atomic mass is 32.2. The Morgan fingerprint density at radius 2 is 1.69 bits per heavy atom. The summed E-state index contributed by atoms with van der Waals surface area (Å²) in [6.45, 7) is 3.37. The fourth-order valence-electron chi connectivity index (χ4n) is 3.09. The second kappa shape index (κ2) is 9.53. The van der Waals surface area contributed by atoms with Crippen molar-refractivity contribution < 1.29 is 9.53 Å². The minimum absolute atomic E-state index is 0.278. The lowest BCUT2D eigenvalue weighted by Gasteiger charge is -2.36. The molecule has 0 spiro atoms. The Kier molecular flexibility index (Phi) is 6.83. The van der Waals surface area contributed by atoms with Crippen LogP contribution in [0.5, 0.6) is 5.75 Å². The van der Waals surface area contributed by atoms with Crippen molar-refractivity contribution in [1.82, 2.24) is 4.90 Å². The summed E-state index contributed by atoms with van der Waals surface area (Å²) in [6, 6.07) is 18.5. The van der Waals surface area contributed by atoms with Crippen molar-refractivity contribution in [3.8, 4) is 5.75 Å². The van der Waals surface area contributed by atoms with Crippen molar-refractivity contribution in [3.05, 3.63) is 60.2 Å². The fourth-order valence-corrected chi connectivity index (χ4v) is 3.98. The number of nitrogens with zero attached hydrogens (tertiary/aromatic N) is 2. The van der Waals surface area contributed by atoms with Crippen LogP contribution in [0.4, 0.5) is 5.69 Å². The maximum atomic E-state index is 12.4. The summed E-state index contributed by atoms with van der Waals surface area (Å²) in [6.07, 6.45) is 0.625. The van der Waals surface area contributed by atoms with E-state index in [1.165, 1.54) is 11.3 Å². The normalized spacial score (nSPS) is 14.3. The summed E-state index contributed by atoms with van der Waals surface area (Å²) in [7, 11) is 1.68. The molecule has 5 heteroatoms. The molecule has 0 radical (unpaired) electrons. The summed E-state index contributed by atoms with van der Waals surface area (Å²) in [5, 5.41) is 0. The lowest BCUT2D eigenvalue weighted by Crippen LogP contribution is -2.48. The van der Waals surface area contributed by atoms with E-state index in [9.17, 15) is 4.79 Å². The van der Waals surface area contributed by atoms with Crippen LogP contribution >= 0.6 is 11.8 Å². The number of piperazine rings is 1. The quantitative estimate of drug-likeness (QED) is 0.696. The van der Waals surface area contributed by atoms with Crippen LogP contribution in [0.3, 0.4) is 0 Å². The lowest BCUT2D eigenvalue weighted by atomic mass is 10.2. The summed E-state index contributed by atoms with van der Waals surface area (Å²) in [5.74, 6) is 3.00. The predicted molar refractivity (Wildman–Crippen MR) is 109 cm³/mol. The maximum absolute atomic E-state index is 12.4. The van der Waals surface area contributed by atoms with Gasteiger partial charge in [-0.25, -0.2) is 0 Å². The zero-order valence-electron chi connectivity index (χ0n) is 15.3. The average molecular weight is 371 g/mol. The molecule has 1 fully saturated rings. The first kappa shape index (κ1) is 18.6. The van der Waals surface area contributed by atoms with Crippen molar-refractivity contribution in [1.29, 1.82) is 0 Å². The number of benzene rings is 2. The van der Waals surface area contributed by atoms with Crippen molar-refractivity contribution in [2.75, 3.05) is 43.9 Å². The molecular formula is C21H26N2O2S. The van der Waals surface area contributed by atoms with E-state index in [0.717, 1.165) is 43.4 Å². The van der Waals surface area contributed by atoms with Crippen LogP contribution in [0.2, 0.25) is 0 Å². The van der Waals surface area contributed by atoms with E-state index in [1.807, 2.05) is 34.9 Å².